The molecular formula is C12H20N4O. The number of nitrogens with zero attached hydrogens (tertiary/aromatic N) is 3. The number of hydrogen-bond donors (Lipinski definition) is 2. The van der Waals surface area contributed by atoms with Crippen LogP contribution in [0.15, 0.2) is 6.33 Å². The van der Waals surface area contributed by atoms with Crippen LogP contribution in [0, 0.1) is 6.92 Å². The van der Waals surface area contributed by atoms with Crippen LogP contribution >= 0.6 is 0 Å². The molecule has 1 fully saturated rings. The van der Waals surface area contributed by atoms with E-state index in [0.29, 0.717) is 5.82 Å². The maximum atomic E-state index is 10.1. The lowest BCUT2D eigenvalue weighted by atomic mass is 9.98. The topological polar surface area (TPSA) is 75.3 Å². The summed E-state index contributed by atoms with van der Waals surface area (Å²) in [5.74, 6) is 1.43. The van der Waals surface area contributed by atoms with E-state index < -0.39 is 5.60 Å². The van der Waals surface area contributed by atoms with E-state index in [2.05, 4.69) is 14.9 Å². The summed E-state index contributed by atoms with van der Waals surface area (Å²) >= 11 is 0. The molecule has 5 nitrogen and oxygen atoms in total. The summed E-state index contributed by atoms with van der Waals surface area (Å²) < 4.78 is 0. The minimum absolute atomic E-state index is 0.533. The second-order valence-electron chi connectivity index (χ2n) is 5.05. The molecule has 0 aromatic carbocycles. The summed E-state index contributed by atoms with van der Waals surface area (Å²) in [6, 6.07) is 0. The number of rotatable bonds is 1. The predicted octanol–water partition coefficient (Wildman–Crippen LogP) is 1.11. The van der Waals surface area contributed by atoms with Crippen LogP contribution in [-0.4, -0.2) is 33.8 Å². The number of anilines is 2. The number of aliphatic hydroxyl groups is 1. The lowest BCUT2D eigenvalue weighted by molar-refractivity contribution is 0.0481. The molecule has 17 heavy (non-hydrogen) atoms. The van der Waals surface area contributed by atoms with Crippen molar-refractivity contribution in [3.63, 3.8) is 0 Å². The van der Waals surface area contributed by atoms with Crippen molar-refractivity contribution in [3.05, 3.63) is 11.9 Å². The Bertz CT molecular complexity index is 405. The molecule has 0 amide bonds. The molecule has 0 spiro atoms. The lowest BCUT2D eigenvalue weighted by Gasteiger charge is -2.24. The Hall–Kier alpha value is -1.36. The third-order valence-electron chi connectivity index (χ3n) is 3.46. The Morgan fingerprint density at radius 3 is 2.88 bits per heavy atom. The fourth-order valence-corrected chi connectivity index (χ4v) is 2.25. The molecule has 1 aromatic rings. The highest BCUT2D eigenvalue weighted by molar-refractivity contribution is 5.55. The number of nitrogen functional groups attached to an aromatic ring is 1. The van der Waals surface area contributed by atoms with Crippen LogP contribution < -0.4 is 10.6 Å². The Kier molecular flexibility index (Phi) is 3.19. The lowest BCUT2D eigenvalue weighted by Crippen LogP contribution is -2.29. The summed E-state index contributed by atoms with van der Waals surface area (Å²) in [7, 11) is 0. The first-order valence-corrected chi connectivity index (χ1v) is 6.04. The summed E-state index contributed by atoms with van der Waals surface area (Å²) in [6.45, 7) is 5.56. The van der Waals surface area contributed by atoms with Crippen LogP contribution in [0.2, 0.25) is 0 Å². The molecule has 0 saturated carbocycles. The summed E-state index contributed by atoms with van der Waals surface area (Å²) in [5.41, 5.74) is 6.16. The smallest absolute Gasteiger partial charge is 0.137 e. The second-order valence-corrected chi connectivity index (χ2v) is 5.05. The molecule has 2 heterocycles. The molecule has 1 atom stereocenters. The number of hydrogen-bond acceptors (Lipinski definition) is 5. The first-order chi connectivity index (χ1) is 7.99. The van der Waals surface area contributed by atoms with Crippen LogP contribution in [0.3, 0.4) is 0 Å². The minimum Gasteiger partial charge on any atom is -0.390 e. The van der Waals surface area contributed by atoms with Crippen LogP contribution in [0.5, 0.6) is 0 Å². The third-order valence-corrected chi connectivity index (χ3v) is 3.46. The van der Waals surface area contributed by atoms with Gasteiger partial charge < -0.3 is 15.7 Å². The monoisotopic (exact) mass is 236 g/mol. The van der Waals surface area contributed by atoms with E-state index in [1.807, 2.05) is 13.8 Å². The molecule has 94 valence electrons. The van der Waals surface area contributed by atoms with E-state index in [1.165, 1.54) is 6.33 Å². The Morgan fingerprint density at radius 2 is 2.12 bits per heavy atom. The molecule has 1 aliphatic heterocycles. The first-order valence-electron chi connectivity index (χ1n) is 6.04. The fourth-order valence-electron chi connectivity index (χ4n) is 2.25. The fraction of sp³-hybridized carbons (Fsp3) is 0.667. The Balaban J connectivity index is 2.20. The van der Waals surface area contributed by atoms with Crippen molar-refractivity contribution in [1.82, 2.24) is 9.97 Å². The van der Waals surface area contributed by atoms with Crippen molar-refractivity contribution < 1.29 is 5.11 Å². The van der Waals surface area contributed by atoms with Crippen molar-refractivity contribution in [2.24, 2.45) is 0 Å². The van der Waals surface area contributed by atoms with Gasteiger partial charge in [0.15, 0.2) is 0 Å². The van der Waals surface area contributed by atoms with E-state index in [-0.39, 0.29) is 0 Å². The van der Waals surface area contributed by atoms with Gasteiger partial charge in [-0.1, -0.05) is 0 Å². The van der Waals surface area contributed by atoms with E-state index in [4.69, 9.17) is 5.73 Å². The van der Waals surface area contributed by atoms with Crippen molar-refractivity contribution in [3.8, 4) is 0 Å². The minimum atomic E-state index is -0.554. The number of nitrogens with two attached hydrogens (primary N) is 1. The van der Waals surface area contributed by atoms with Gasteiger partial charge in [0, 0.05) is 18.7 Å². The summed E-state index contributed by atoms with van der Waals surface area (Å²) in [4.78, 5) is 10.5. The highest BCUT2D eigenvalue weighted by Crippen LogP contribution is 2.26. The molecule has 5 heteroatoms. The summed E-state index contributed by atoms with van der Waals surface area (Å²) in [6.07, 6.45) is 4.07. The molecule has 2 rings (SSSR count). The second kappa shape index (κ2) is 4.49. The number of aromatic nitrogens is 2. The third kappa shape index (κ3) is 2.66. The normalized spacial score (nSPS) is 25.7. The highest BCUT2D eigenvalue weighted by atomic mass is 16.3. The van der Waals surface area contributed by atoms with Crippen LogP contribution in [0.4, 0.5) is 11.6 Å². The van der Waals surface area contributed by atoms with Gasteiger partial charge in [0.2, 0.25) is 0 Å². The van der Waals surface area contributed by atoms with Gasteiger partial charge in [-0.25, -0.2) is 9.97 Å². The van der Waals surface area contributed by atoms with E-state index in [0.717, 1.165) is 43.7 Å². The van der Waals surface area contributed by atoms with Crippen molar-refractivity contribution in [2.75, 3.05) is 23.7 Å². The van der Waals surface area contributed by atoms with Crippen LogP contribution in [0.1, 0.15) is 31.7 Å². The zero-order chi connectivity index (χ0) is 12.5. The zero-order valence-electron chi connectivity index (χ0n) is 10.5. The zero-order valence-corrected chi connectivity index (χ0v) is 10.5. The standard InChI is InChI=1S/C12H20N4O/c1-9-10(13)14-8-15-11(9)16-6-3-4-12(2,17)5-7-16/h8,17H,3-7H2,1-2H3,(H2,13,14,15). The largest absolute Gasteiger partial charge is 0.390 e. The maximum absolute atomic E-state index is 10.1. The predicted molar refractivity (Wildman–Crippen MR) is 67.9 cm³/mol. The molecule has 0 bridgehead atoms. The van der Waals surface area contributed by atoms with Crippen molar-refractivity contribution in [2.45, 2.75) is 38.7 Å². The summed E-state index contributed by atoms with van der Waals surface area (Å²) in [5, 5.41) is 10.1. The van der Waals surface area contributed by atoms with Gasteiger partial charge >= 0.3 is 0 Å². The maximum Gasteiger partial charge on any atom is 0.137 e. The van der Waals surface area contributed by atoms with Gasteiger partial charge in [-0.15, -0.1) is 0 Å². The molecule has 1 saturated heterocycles. The van der Waals surface area contributed by atoms with E-state index >= 15 is 0 Å². The molecule has 3 N–H and O–H groups in total. The van der Waals surface area contributed by atoms with Crippen LogP contribution in [0.25, 0.3) is 0 Å². The quantitative estimate of drug-likeness (QED) is 0.764. The average molecular weight is 236 g/mol. The Labute approximate surface area is 102 Å². The van der Waals surface area contributed by atoms with Crippen LogP contribution in [-0.2, 0) is 0 Å². The van der Waals surface area contributed by atoms with Gasteiger partial charge in [0.05, 0.1) is 5.60 Å². The first kappa shape index (κ1) is 12.1. The molecule has 1 unspecified atom stereocenters. The molecule has 0 radical (unpaired) electrons. The molecule has 1 aliphatic rings. The van der Waals surface area contributed by atoms with E-state index in [9.17, 15) is 5.11 Å². The van der Waals surface area contributed by atoms with Gasteiger partial charge in [0.25, 0.3) is 0 Å². The van der Waals surface area contributed by atoms with Crippen molar-refractivity contribution in [1.29, 1.82) is 0 Å². The van der Waals surface area contributed by atoms with Gasteiger partial charge in [0.1, 0.15) is 18.0 Å². The van der Waals surface area contributed by atoms with Gasteiger partial charge in [-0.2, -0.15) is 0 Å². The van der Waals surface area contributed by atoms with Gasteiger partial charge in [-0.3, -0.25) is 0 Å². The Morgan fingerprint density at radius 1 is 1.35 bits per heavy atom. The average Bonchev–Trinajstić information content (AvgIpc) is 2.44. The molecular weight excluding hydrogens is 216 g/mol. The highest BCUT2D eigenvalue weighted by Gasteiger charge is 2.26. The molecule has 1 aromatic heterocycles. The van der Waals surface area contributed by atoms with Gasteiger partial charge in [-0.05, 0) is 33.1 Å². The molecule has 0 aliphatic carbocycles. The van der Waals surface area contributed by atoms with E-state index in [1.54, 1.807) is 0 Å². The SMILES string of the molecule is Cc1c(N)ncnc1N1CCCC(C)(O)CC1. The van der Waals surface area contributed by atoms with Crippen molar-refractivity contribution >= 4 is 11.6 Å².